The molecule has 1 heterocycles. The van der Waals surface area contributed by atoms with E-state index in [0.29, 0.717) is 6.54 Å². The molecule has 84 valence electrons. The predicted molar refractivity (Wildman–Crippen MR) is 63.3 cm³/mol. The molecule has 4 heteroatoms. The first-order chi connectivity index (χ1) is 7.85. The van der Waals surface area contributed by atoms with Gasteiger partial charge in [0.25, 0.3) is 0 Å². The molecule has 0 amide bonds. The van der Waals surface area contributed by atoms with Gasteiger partial charge in [0.05, 0.1) is 19.0 Å². The van der Waals surface area contributed by atoms with E-state index in [2.05, 4.69) is 10.2 Å². The van der Waals surface area contributed by atoms with Gasteiger partial charge in [-0.25, -0.2) is 0 Å². The molecule has 0 radical (unpaired) electrons. The van der Waals surface area contributed by atoms with Gasteiger partial charge in [0.15, 0.2) is 0 Å². The standard InChI is InChI=1S/C12H15N3O/c1-16-11-4-2-9(3-5-11)12-10(6-7-13)8-14-15-12/h2-5,8H,6-7,13H2,1H3,(H,14,15). The average molecular weight is 217 g/mol. The first-order valence-electron chi connectivity index (χ1n) is 5.22. The normalized spacial score (nSPS) is 10.4. The third-order valence-corrected chi connectivity index (χ3v) is 2.51. The van der Waals surface area contributed by atoms with E-state index >= 15 is 0 Å². The molecule has 0 unspecified atom stereocenters. The van der Waals surface area contributed by atoms with Crippen molar-refractivity contribution in [2.45, 2.75) is 6.42 Å². The molecule has 1 aromatic heterocycles. The van der Waals surface area contributed by atoms with Crippen LogP contribution < -0.4 is 10.5 Å². The van der Waals surface area contributed by atoms with Crippen molar-refractivity contribution < 1.29 is 4.74 Å². The third kappa shape index (κ3) is 2.06. The minimum absolute atomic E-state index is 0.628. The van der Waals surface area contributed by atoms with Crippen LogP contribution in [-0.4, -0.2) is 23.9 Å². The summed E-state index contributed by atoms with van der Waals surface area (Å²) in [6.45, 7) is 0.628. The number of ether oxygens (including phenoxy) is 1. The fraction of sp³-hybridized carbons (Fsp3) is 0.250. The minimum Gasteiger partial charge on any atom is -0.497 e. The summed E-state index contributed by atoms with van der Waals surface area (Å²) in [7, 11) is 1.66. The average Bonchev–Trinajstić information content (AvgIpc) is 2.78. The van der Waals surface area contributed by atoms with Gasteiger partial charge in [-0.05, 0) is 42.8 Å². The van der Waals surface area contributed by atoms with Crippen LogP contribution >= 0.6 is 0 Å². The van der Waals surface area contributed by atoms with Gasteiger partial charge in [-0.1, -0.05) is 0 Å². The summed E-state index contributed by atoms with van der Waals surface area (Å²) >= 11 is 0. The van der Waals surface area contributed by atoms with Crippen molar-refractivity contribution in [3.05, 3.63) is 36.0 Å². The van der Waals surface area contributed by atoms with Gasteiger partial charge in [-0.3, -0.25) is 5.10 Å². The van der Waals surface area contributed by atoms with Crippen LogP contribution in [0.5, 0.6) is 5.75 Å². The van der Waals surface area contributed by atoms with Crippen LogP contribution in [0.4, 0.5) is 0 Å². The Morgan fingerprint density at radius 3 is 2.69 bits per heavy atom. The van der Waals surface area contributed by atoms with Gasteiger partial charge in [0.2, 0.25) is 0 Å². The van der Waals surface area contributed by atoms with E-state index in [0.717, 1.165) is 29.0 Å². The maximum Gasteiger partial charge on any atom is 0.118 e. The Bertz CT molecular complexity index is 448. The summed E-state index contributed by atoms with van der Waals surface area (Å²) in [6, 6.07) is 7.88. The van der Waals surface area contributed by atoms with Crippen molar-refractivity contribution in [2.24, 2.45) is 5.73 Å². The monoisotopic (exact) mass is 217 g/mol. The van der Waals surface area contributed by atoms with Gasteiger partial charge >= 0.3 is 0 Å². The fourth-order valence-corrected chi connectivity index (χ4v) is 1.66. The Balaban J connectivity index is 2.31. The van der Waals surface area contributed by atoms with E-state index in [1.807, 2.05) is 30.5 Å². The van der Waals surface area contributed by atoms with Gasteiger partial charge in [0, 0.05) is 5.56 Å². The summed E-state index contributed by atoms with van der Waals surface area (Å²) < 4.78 is 5.12. The Kier molecular flexibility index (Phi) is 3.22. The zero-order valence-electron chi connectivity index (χ0n) is 9.23. The molecule has 0 aliphatic carbocycles. The lowest BCUT2D eigenvalue weighted by molar-refractivity contribution is 0.415. The highest BCUT2D eigenvalue weighted by molar-refractivity contribution is 5.63. The Hall–Kier alpha value is -1.81. The second-order valence-electron chi connectivity index (χ2n) is 3.54. The molecule has 0 atom stereocenters. The van der Waals surface area contributed by atoms with Gasteiger partial charge in [-0.2, -0.15) is 5.10 Å². The van der Waals surface area contributed by atoms with E-state index in [1.165, 1.54) is 0 Å². The number of nitrogens with one attached hydrogen (secondary N) is 1. The smallest absolute Gasteiger partial charge is 0.118 e. The van der Waals surface area contributed by atoms with E-state index < -0.39 is 0 Å². The van der Waals surface area contributed by atoms with Crippen LogP contribution in [-0.2, 0) is 6.42 Å². The van der Waals surface area contributed by atoms with E-state index in [1.54, 1.807) is 7.11 Å². The second-order valence-corrected chi connectivity index (χ2v) is 3.54. The van der Waals surface area contributed by atoms with Crippen LogP contribution in [0.25, 0.3) is 11.3 Å². The van der Waals surface area contributed by atoms with Crippen molar-refractivity contribution in [3.63, 3.8) is 0 Å². The second kappa shape index (κ2) is 4.81. The van der Waals surface area contributed by atoms with Crippen molar-refractivity contribution >= 4 is 0 Å². The van der Waals surface area contributed by atoms with Crippen molar-refractivity contribution in [3.8, 4) is 17.0 Å². The van der Waals surface area contributed by atoms with Crippen molar-refractivity contribution in [1.29, 1.82) is 0 Å². The quantitative estimate of drug-likeness (QED) is 0.817. The Labute approximate surface area is 94.4 Å². The summed E-state index contributed by atoms with van der Waals surface area (Å²) in [5, 5.41) is 7.05. The lowest BCUT2D eigenvalue weighted by Gasteiger charge is -2.03. The molecular weight excluding hydrogens is 202 g/mol. The van der Waals surface area contributed by atoms with E-state index in [-0.39, 0.29) is 0 Å². The van der Waals surface area contributed by atoms with Crippen LogP contribution in [0.3, 0.4) is 0 Å². The van der Waals surface area contributed by atoms with Crippen LogP contribution in [0.2, 0.25) is 0 Å². The molecule has 0 spiro atoms. The molecular formula is C12H15N3O. The van der Waals surface area contributed by atoms with E-state index in [9.17, 15) is 0 Å². The molecule has 2 aromatic rings. The highest BCUT2D eigenvalue weighted by atomic mass is 16.5. The first-order valence-corrected chi connectivity index (χ1v) is 5.22. The molecule has 0 fully saturated rings. The van der Waals surface area contributed by atoms with Gasteiger partial charge in [-0.15, -0.1) is 0 Å². The molecule has 0 saturated heterocycles. The van der Waals surface area contributed by atoms with Crippen LogP contribution in [0, 0.1) is 0 Å². The van der Waals surface area contributed by atoms with Gasteiger partial charge < -0.3 is 10.5 Å². The Morgan fingerprint density at radius 1 is 1.31 bits per heavy atom. The number of methoxy groups -OCH3 is 1. The number of nitrogens with zero attached hydrogens (tertiary/aromatic N) is 1. The number of aromatic nitrogens is 2. The maximum absolute atomic E-state index is 5.55. The highest BCUT2D eigenvalue weighted by Crippen LogP contribution is 2.23. The fourth-order valence-electron chi connectivity index (χ4n) is 1.66. The summed E-state index contributed by atoms with van der Waals surface area (Å²) in [5.74, 6) is 0.851. The number of aromatic amines is 1. The summed E-state index contributed by atoms with van der Waals surface area (Å²) in [4.78, 5) is 0. The van der Waals surface area contributed by atoms with Crippen molar-refractivity contribution in [1.82, 2.24) is 10.2 Å². The number of H-pyrrole nitrogens is 1. The zero-order chi connectivity index (χ0) is 11.4. The maximum atomic E-state index is 5.55. The highest BCUT2D eigenvalue weighted by Gasteiger charge is 2.06. The molecule has 4 nitrogen and oxygen atoms in total. The van der Waals surface area contributed by atoms with E-state index in [4.69, 9.17) is 10.5 Å². The first kappa shape index (κ1) is 10.7. The molecule has 0 aliphatic heterocycles. The molecule has 3 N–H and O–H groups in total. The number of hydrogen-bond acceptors (Lipinski definition) is 3. The van der Waals surface area contributed by atoms with Crippen LogP contribution in [0.1, 0.15) is 5.56 Å². The third-order valence-electron chi connectivity index (χ3n) is 2.51. The molecule has 0 aliphatic rings. The predicted octanol–water partition coefficient (Wildman–Crippen LogP) is 1.59. The SMILES string of the molecule is COc1ccc(-c2[nH]ncc2CCN)cc1. The number of benzene rings is 1. The number of nitrogens with two attached hydrogens (primary N) is 1. The zero-order valence-corrected chi connectivity index (χ0v) is 9.23. The molecule has 1 aromatic carbocycles. The molecule has 0 saturated carbocycles. The Morgan fingerprint density at radius 2 is 2.06 bits per heavy atom. The molecule has 16 heavy (non-hydrogen) atoms. The number of rotatable bonds is 4. The minimum atomic E-state index is 0.628. The number of hydrogen-bond donors (Lipinski definition) is 2. The summed E-state index contributed by atoms with van der Waals surface area (Å²) in [5.41, 5.74) is 8.83. The van der Waals surface area contributed by atoms with Crippen molar-refractivity contribution in [2.75, 3.05) is 13.7 Å². The molecule has 2 rings (SSSR count). The van der Waals surface area contributed by atoms with Gasteiger partial charge in [0.1, 0.15) is 5.75 Å². The summed E-state index contributed by atoms with van der Waals surface area (Å²) in [6.07, 6.45) is 2.66. The molecule has 0 bridgehead atoms. The lowest BCUT2D eigenvalue weighted by atomic mass is 10.1. The lowest BCUT2D eigenvalue weighted by Crippen LogP contribution is -2.02. The topological polar surface area (TPSA) is 63.9 Å². The van der Waals surface area contributed by atoms with Crippen LogP contribution in [0.15, 0.2) is 30.5 Å². The largest absolute Gasteiger partial charge is 0.497 e.